The first-order chi connectivity index (χ1) is 15.8. The van der Waals surface area contributed by atoms with Gasteiger partial charge in [0.25, 0.3) is 5.91 Å². The fourth-order valence-electron chi connectivity index (χ4n) is 3.56. The van der Waals surface area contributed by atoms with Crippen LogP contribution in [0.15, 0.2) is 126 Å². The number of hydrogen-bond acceptors (Lipinski definition) is 3. The number of benzene rings is 4. The molecule has 0 fully saturated rings. The van der Waals surface area contributed by atoms with Crippen molar-refractivity contribution in [2.45, 2.75) is 0 Å². The highest BCUT2D eigenvalue weighted by molar-refractivity contribution is 6.33. The number of carbonyl (C=O) groups is 1. The van der Waals surface area contributed by atoms with Crippen LogP contribution in [-0.4, -0.2) is 11.7 Å². The normalized spacial score (nSPS) is 14.5. The van der Waals surface area contributed by atoms with Crippen molar-refractivity contribution >= 4 is 23.5 Å². The largest absolute Gasteiger partial charge is 0.457 e. The molecule has 0 spiro atoms. The summed E-state index contributed by atoms with van der Waals surface area (Å²) in [5, 5.41) is 0. The van der Waals surface area contributed by atoms with E-state index in [1.54, 1.807) is 11.0 Å². The number of nitrogens with zero attached hydrogens (tertiary/aromatic N) is 2. The molecule has 0 saturated heterocycles. The molecule has 5 rings (SSSR count). The molecule has 0 bridgehead atoms. The molecule has 4 heteroatoms. The Morgan fingerprint density at radius 3 is 2.03 bits per heavy atom. The van der Waals surface area contributed by atoms with Crippen LogP contribution < -0.4 is 9.64 Å². The standard InChI is InChI=1S/C28H20N2O2/c31-28-26(20-21-11-10-18-25(19-21)32-24-16-8-3-9-17-24)29-27(22-12-4-1-5-13-22)30(28)23-14-6-2-7-15-23/h1-20H. The minimum absolute atomic E-state index is 0.163. The van der Waals surface area contributed by atoms with Crippen molar-refractivity contribution < 1.29 is 9.53 Å². The lowest BCUT2D eigenvalue weighted by atomic mass is 10.1. The van der Waals surface area contributed by atoms with E-state index in [9.17, 15) is 4.79 Å². The van der Waals surface area contributed by atoms with E-state index in [4.69, 9.17) is 9.73 Å². The Hall–Kier alpha value is -4.44. The second-order valence-electron chi connectivity index (χ2n) is 7.29. The molecular formula is C28H20N2O2. The van der Waals surface area contributed by atoms with Gasteiger partial charge in [-0.3, -0.25) is 9.69 Å². The molecule has 1 aliphatic rings. The zero-order valence-electron chi connectivity index (χ0n) is 17.3. The fourth-order valence-corrected chi connectivity index (χ4v) is 3.56. The summed E-state index contributed by atoms with van der Waals surface area (Å²) in [4.78, 5) is 19.8. The number of para-hydroxylation sites is 2. The second kappa shape index (κ2) is 8.74. The molecule has 4 aromatic carbocycles. The first kappa shape index (κ1) is 19.5. The lowest BCUT2D eigenvalue weighted by Crippen LogP contribution is -2.32. The summed E-state index contributed by atoms with van der Waals surface area (Å²) in [6, 6.07) is 36.6. The van der Waals surface area contributed by atoms with Gasteiger partial charge in [0.2, 0.25) is 0 Å². The van der Waals surface area contributed by atoms with Crippen LogP contribution in [0, 0.1) is 0 Å². The molecule has 4 aromatic rings. The van der Waals surface area contributed by atoms with Gasteiger partial charge in [-0.25, -0.2) is 4.99 Å². The predicted octanol–water partition coefficient (Wildman–Crippen LogP) is 6.31. The van der Waals surface area contributed by atoms with Gasteiger partial charge in [0.05, 0.1) is 5.69 Å². The van der Waals surface area contributed by atoms with Crippen molar-refractivity contribution in [2.24, 2.45) is 4.99 Å². The van der Waals surface area contributed by atoms with E-state index in [1.165, 1.54) is 0 Å². The molecular weight excluding hydrogens is 396 g/mol. The van der Waals surface area contributed by atoms with Crippen LogP contribution in [0.5, 0.6) is 11.5 Å². The monoisotopic (exact) mass is 416 g/mol. The average molecular weight is 416 g/mol. The Kier molecular flexibility index (Phi) is 5.33. The van der Waals surface area contributed by atoms with Crippen molar-refractivity contribution in [1.29, 1.82) is 0 Å². The van der Waals surface area contributed by atoms with Crippen LogP contribution in [-0.2, 0) is 4.79 Å². The summed E-state index contributed by atoms with van der Waals surface area (Å²) in [6.07, 6.45) is 1.80. The number of amidine groups is 1. The van der Waals surface area contributed by atoms with E-state index in [0.717, 1.165) is 22.6 Å². The second-order valence-corrected chi connectivity index (χ2v) is 7.29. The van der Waals surface area contributed by atoms with Crippen LogP contribution in [0.3, 0.4) is 0 Å². The molecule has 0 atom stereocenters. The molecule has 0 radical (unpaired) electrons. The van der Waals surface area contributed by atoms with E-state index < -0.39 is 0 Å². The number of rotatable bonds is 5. The lowest BCUT2D eigenvalue weighted by molar-refractivity contribution is -0.113. The molecule has 1 heterocycles. The molecule has 0 saturated carbocycles. The maximum Gasteiger partial charge on any atom is 0.282 e. The zero-order chi connectivity index (χ0) is 21.8. The van der Waals surface area contributed by atoms with Crippen LogP contribution >= 0.6 is 0 Å². The van der Waals surface area contributed by atoms with Gasteiger partial charge in [-0.1, -0.05) is 78.9 Å². The van der Waals surface area contributed by atoms with Crippen LogP contribution in [0.2, 0.25) is 0 Å². The molecule has 32 heavy (non-hydrogen) atoms. The number of aliphatic imine (C=N–C) groups is 1. The number of hydrogen-bond donors (Lipinski definition) is 0. The summed E-state index contributed by atoms with van der Waals surface area (Å²) < 4.78 is 5.93. The van der Waals surface area contributed by atoms with E-state index in [2.05, 4.69) is 0 Å². The van der Waals surface area contributed by atoms with Crippen molar-refractivity contribution in [2.75, 3.05) is 4.90 Å². The highest BCUT2D eigenvalue weighted by atomic mass is 16.5. The Morgan fingerprint density at radius 1 is 0.688 bits per heavy atom. The van der Waals surface area contributed by atoms with E-state index in [1.807, 2.05) is 115 Å². The van der Waals surface area contributed by atoms with Crippen LogP contribution in [0.1, 0.15) is 11.1 Å². The minimum atomic E-state index is -0.163. The van der Waals surface area contributed by atoms with Crippen LogP contribution in [0.4, 0.5) is 5.69 Å². The fraction of sp³-hybridized carbons (Fsp3) is 0. The maximum absolute atomic E-state index is 13.4. The Labute approximate surface area is 186 Å². The van der Waals surface area contributed by atoms with Crippen molar-refractivity contribution in [1.82, 2.24) is 0 Å². The van der Waals surface area contributed by atoms with Crippen molar-refractivity contribution in [3.8, 4) is 11.5 Å². The third-order valence-corrected chi connectivity index (χ3v) is 5.05. The highest BCUT2D eigenvalue weighted by Gasteiger charge is 2.32. The molecule has 0 aliphatic carbocycles. The molecule has 0 aromatic heterocycles. The quantitative estimate of drug-likeness (QED) is 0.358. The Morgan fingerprint density at radius 2 is 1.31 bits per heavy atom. The molecule has 154 valence electrons. The summed E-state index contributed by atoms with van der Waals surface area (Å²) in [5.74, 6) is 1.91. The smallest absolute Gasteiger partial charge is 0.282 e. The van der Waals surface area contributed by atoms with Gasteiger partial charge in [-0.05, 0) is 48.0 Å². The third-order valence-electron chi connectivity index (χ3n) is 5.05. The van der Waals surface area contributed by atoms with Gasteiger partial charge in [0.15, 0.2) is 0 Å². The van der Waals surface area contributed by atoms with Gasteiger partial charge in [0.1, 0.15) is 23.0 Å². The number of amides is 1. The molecule has 1 amide bonds. The maximum atomic E-state index is 13.4. The van der Waals surface area contributed by atoms with Gasteiger partial charge in [-0.15, -0.1) is 0 Å². The van der Waals surface area contributed by atoms with E-state index in [0.29, 0.717) is 17.3 Å². The number of carbonyl (C=O) groups excluding carboxylic acids is 1. The molecule has 0 unspecified atom stereocenters. The van der Waals surface area contributed by atoms with Gasteiger partial charge in [0, 0.05) is 5.56 Å². The first-order valence-electron chi connectivity index (χ1n) is 10.4. The van der Waals surface area contributed by atoms with E-state index >= 15 is 0 Å². The van der Waals surface area contributed by atoms with Gasteiger partial charge < -0.3 is 4.74 Å². The van der Waals surface area contributed by atoms with Crippen molar-refractivity contribution in [3.63, 3.8) is 0 Å². The number of anilines is 1. The highest BCUT2D eigenvalue weighted by Crippen LogP contribution is 2.29. The molecule has 0 N–H and O–H groups in total. The summed E-state index contributed by atoms with van der Waals surface area (Å²) in [6.45, 7) is 0. The third kappa shape index (κ3) is 4.07. The van der Waals surface area contributed by atoms with Gasteiger partial charge in [-0.2, -0.15) is 0 Å². The zero-order valence-corrected chi connectivity index (χ0v) is 17.3. The Balaban J connectivity index is 1.51. The first-order valence-corrected chi connectivity index (χ1v) is 10.4. The SMILES string of the molecule is O=C1C(=Cc2cccc(Oc3ccccc3)c2)N=C(c2ccccc2)N1c1ccccc1. The van der Waals surface area contributed by atoms with E-state index in [-0.39, 0.29) is 5.91 Å². The van der Waals surface area contributed by atoms with Gasteiger partial charge >= 0.3 is 0 Å². The topological polar surface area (TPSA) is 41.9 Å². The van der Waals surface area contributed by atoms with Crippen LogP contribution in [0.25, 0.3) is 6.08 Å². The molecule has 1 aliphatic heterocycles. The Bertz CT molecular complexity index is 1300. The number of ether oxygens (including phenoxy) is 1. The minimum Gasteiger partial charge on any atom is -0.457 e. The average Bonchev–Trinajstić information content (AvgIpc) is 3.17. The van der Waals surface area contributed by atoms with Crippen molar-refractivity contribution in [3.05, 3.63) is 132 Å². The predicted molar refractivity (Wildman–Crippen MR) is 128 cm³/mol. The summed E-state index contributed by atoms with van der Waals surface area (Å²) in [7, 11) is 0. The lowest BCUT2D eigenvalue weighted by Gasteiger charge is -2.18. The molecule has 4 nitrogen and oxygen atoms in total. The summed E-state index contributed by atoms with van der Waals surface area (Å²) >= 11 is 0. The summed E-state index contributed by atoms with van der Waals surface area (Å²) in [5.41, 5.74) is 2.89.